The van der Waals surface area contributed by atoms with Crippen molar-refractivity contribution < 1.29 is 4.92 Å². The van der Waals surface area contributed by atoms with E-state index in [9.17, 15) is 10.1 Å². The minimum Gasteiger partial charge on any atom is -0.358 e. The van der Waals surface area contributed by atoms with Crippen molar-refractivity contribution in [1.82, 2.24) is 19.5 Å². The highest BCUT2D eigenvalue weighted by atomic mass is 16.6. The highest BCUT2D eigenvalue weighted by Gasteiger charge is 2.20. The van der Waals surface area contributed by atoms with Gasteiger partial charge in [-0.15, -0.1) is 0 Å². The van der Waals surface area contributed by atoms with Crippen molar-refractivity contribution in [3.63, 3.8) is 0 Å². The smallest absolute Gasteiger partial charge is 0.358 e. The Morgan fingerprint density at radius 3 is 2.50 bits per heavy atom. The van der Waals surface area contributed by atoms with E-state index in [2.05, 4.69) is 20.3 Å². The van der Waals surface area contributed by atoms with Crippen molar-refractivity contribution >= 4 is 17.6 Å². The maximum Gasteiger partial charge on any atom is 0.406 e. The molecular formula is C10H12N6O2. The Kier molecular flexibility index (Phi) is 2.92. The predicted octanol–water partition coefficient (Wildman–Crippen LogP) is 1.48. The molecule has 0 atom stereocenters. The molecule has 0 radical (unpaired) electrons. The zero-order chi connectivity index (χ0) is 13.3. The molecule has 2 aromatic heterocycles. The van der Waals surface area contributed by atoms with Gasteiger partial charge in [-0.25, -0.2) is 9.97 Å². The number of imidazole rings is 1. The van der Waals surface area contributed by atoms with Crippen LogP contribution in [0.4, 0.5) is 17.6 Å². The van der Waals surface area contributed by atoms with Crippen LogP contribution in [0.15, 0.2) is 12.4 Å². The van der Waals surface area contributed by atoms with Crippen LogP contribution < -0.4 is 5.32 Å². The average Bonchev–Trinajstić information content (AvgIpc) is 2.59. The predicted molar refractivity (Wildman–Crippen MR) is 64.7 cm³/mol. The summed E-state index contributed by atoms with van der Waals surface area (Å²) in [6.45, 7) is 3.66. The topological polar surface area (TPSA) is 98.8 Å². The van der Waals surface area contributed by atoms with E-state index in [1.165, 1.54) is 10.9 Å². The van der Waals surface area contributed by atoms with Crippen molar-refractivity contribution in [1.29, 1.82) is 0 Å². The van der Waals surface area contributed by atoms with Gasteiger partial charge in [0, 0.05) is 18.4 Å². The van der Waals surface area contributed by atoms with E-state index >= 15 is 0 Å². The van der Waals surface area contributed by atoms with E-state index in [-0.39, 0.29) is 11.6 Å². The maximum absolute atomic E-state index is 10.8. The fourth-order valence-electron chi connectivity index (χ4n) is 1.58. The van der Waals surface area contributed by atoms with E-state index in [1.54, 1.807) is 7.05 Å². The highest BCUT2D eigenvalue weighted by molar-refractivity contribution is 5.59. The number of nitrogens with one attached hydrogen (secondary N) is 1. The lowest BCUT2D eigenvalue weighted by molar-refractivity contribution is -0.388. The summed E-state index contributed by atoms with van der Waals surface area (Å²) in [6.07, 6.45) is 1.36. The third-order valence-corrected chi connectivity index (χ3v) is 2.30. The largest absolute Gasteiger partial charge is 0.406 e. The van der Waals surface area contributed by atoms with E-state index in [1.807, 2.05) is 19.9 Å². The van der Waals surface area contributed by atoms with Crippen LogP contribution in [0.25, 0.3) is 0 Å². The molecule has 94 valence electrons. The molecule has 8 heteroatoms. The number of anilines is 2. The molecule has 2 heterocycles. The zero-order valence-electron chi connectivity index (χ0n) is 10.2. The Morgan fingerprint density at radius 2 is 1.94 bits per heavy atom. The van der Waals surface area contributed by atoms with Gasteiger partial charge in [0.25, 0.3) is 0 Å². The number of nitrogens with zero attached hydrogens (tertiary/aromatic N) is 5. The molecule has 0 aliphatic rings. The first-order valence-electron chi connectivity index (χ1n) is 5.22. The second-order valence-corrected chi connectivity index (χ2v) is 3.88. The Balaban J connectivity index is 2.39. The molecule has 2 rings (SSSR count). The average molecular weight is 248 g/mol. The van der Waals surface area contributed by atoms with Gasteiger partial charge in [0.05, 0.1) is 0 Å². The molecule has 0 aliphatic heterocycles. The fourth-order valence-corrected chi connectivity index (χ4v) is 1.58. The molecule has 0 saturated carbocycles. The van der Waals surface area contributed by atoms with E-state index in [0.29, 0.717) is 5.95 Å². The summed E-state index contributed by atoms with van der Waals surface area (Å²) in [4.78, 5) is 22.3. The lowest BCUT2D eigenvalue weighted by atomic mass is 10.4. The molecule has 8 nitrogen and oxygen atoms in total. The van der Waals surface area contributed by atoms with Crippen LogP contribution in [0.3, 0.4) is 0 Å². The van der Waals surface area contributed by atoms with Crippen LogP contribution in [-0.2, 0) is 7.05 Å². The van der Waals surface area contributed by atoms with Crippen molar-refractivity contribution in [2.45, 2.75) is 13.8 Å². The first-order chi connectivity index (χ1) is 8.47. The molecule has 0 aromatic carbocycles. The summed E-state index contributed by atoms with van der Waals surface area (Å²) in [5, 5.41) is 13.6. The van der Waals surface area contributed by atoms with Crippen LogP contribution in [0.5, 0.6) is 0 Å². The molecule has 0 saturated heterocycles. The summed E-state index contributed by atoms with van der Waals surface area (Å²) in [6, 6.07) is 1.82. The fraction of sp³-hybridized carbons (Fsp3) is 0.300. The minimum atomic E-state index is -0.551. The number of aromatic nitrogens is 4. The highest BCUT2D eigenvalue weighted by Crippen LogP contribution is 2.23. The normalized spacial score (nSPS) is 10.4. The van der Waals surface area contributed by atoms with Gasteiger partial charge in [0.15, 0.2) is 0 Å². The van der Waals surface area contributed by atoms with Gasteiger partial charge < -0.3 is 15.4 Å². The summed E-state index contributed by atoms with van der Waals surface area (Å²) >= 11 is 0. The molecule has 0 aliphatic carbocycles. The summed E-state index contributed by atoms with van der Waals surface area (Å²) < 4.78 is 1.51. The second-order valence-electron chi connectivity index (χ2n) is 3.88. The molecule has 0 spiro atoms. The van der Waals surface area contributed by atoms with Crippen LogP contribution in [0.2, 0.25) is 0 Å². The van der Waals surface area contributed by atoms with Gasteiger partial charge >= 0.3 is 5.82 Å². The molecule has 18 heavy (non-hydrogen) atoms. The lowest BCUT2D eigenvalue weighted by Crippen LogP contribution is -2.05. The molecule has 2 aromatic rings. The first-order valence-corrected chi connectivity index (χ1v) is 5.22. The summed E-state index contributed by atoms with van der Waals surface area (Å²) in [5.41, 5.74) is 1.57. The van der Waals surface area contributed by atoms with Gasteiger partial charge in [-0.05, 0) is 29.8 Å². The van der Waals surface area contributed by atoms with Gasteiger partial charge in [0.1, 0.15) is 0 Å². The van der Waals surface area contributed by atoms with Gasteiger partial charge in [-0.2, -0.15) is 0 Å². The Bertz CT molecular complexity index is 586. The molecular weight excluding hydrogens is 236 g/mol. The van der Waals surface area contributed by atoms with Crippen molar-refractivity contribution in [2.75, 3.05) is 5.32 Å². The van der Waals surface area contributed by atoms with Gasteiger partial charge in [-0.3, -0.25) is 4.57 Å². The number of aryl methyl sites for hydroxylation is 3. The second kappa shape index (κ2) is 4.40. The molecule has 0 bridgehead atoms. The zero-order valence-corrected chi connectivity index (χ0v) is 10.2. The van der Waals surface area contributed by atoms with Crippen LogP contribution in [0.1, 0.15) is 11.4 Å². The lowest BCUT2D eigenvalue weighted by Gasteiger charge is -2.06. The monoisotopic (exact) mass is 248 g/mol. The Morgan fingerprint density at radius 1 is 1.33 bits per heavy atom. The van der Waals surface area contributed by atoms with E-state index in [0.717, 1.165) is 11.4 Å². The Labute approximate surface area is 103 Å². The first kappa shape index (κ1) is 12.0. The van der Waals surface area contributed by atoms with Crippen LogP contribution >= 0.6 is 0 Å². The van der Waals surface area contributed by atoms with Crippen molar-refractivity contribution in [2.24, 2.45) is 7.05 Å². The van der Waals surface area contributed by atoms with Gasteiger partial charge in [0.2, 0.25) is 18.1 Å². The van der Waals surface area contributed by atoms with Crippen LogP contribution in [-0.4, -0.2) is 24.4 Å². The maximum atomic E-state index is 10.8. The summed E-state index contributed by atoms with van der Waals surface area (Å²) in [5.74, 6) is 0.324. The Hall–Kier alpha value is -2.51. The van der Waals surface area contributed by atoms with Gasteiger partial charge in [-0.1, -0.05) is 0 Å². The number of hydrogen-bond donors (Lipinski definition) is 1. The standard InChI is InChI=1S/C10H12N6O2/c1-6-4-7(2)13-10(12-6)14-9-8(16(17)18)11-5-15(9)3/h4-5H,1-3H3,(H,12,13,14). The molecule has 0 amide bonds. The third-order valence-electron chi connectivity index (χ3n) is 2.30. The summed E-state index contributed by atoms with van der Waals surface area (Å²) in [7, 11) is 1.66. The quantitative estimate of drug-likeness (QED) is 0.652. The van der Waals surface area contributed by atoms with Crippen molar-refractivity contribution in [3.8, 4) is 0 Å². The molecule has 0 fully saturated rings. The van der Waals surface area contributed by atoms with Crippen LogP contribution in [0, 0.1) is 24.0 Å². The number of hydrogen-bond acceptors (Lipinski definition) is 6. The molecule has 0 unspecified atom stereocenters. The van der Waals surface area contributed by atoms with E-state index < -0.39 is 4.92 Å². The SMILES string of the molecule is Cc1cc(C)nc(Nc2c([N+](=O)[O-])ncn2C)n1. The minimum absolute atomic E-state index is 0.250. The molecule has 1 N–H and O–H groups in total. The number of nitro groups is 1. The van der Waals surface area contributed by atoms with E-state index in [4.69, 9.17) is 0 Å². The third kappa shape index (κ3) is 2.26. The van der Waals surface area contributed by atoms with Crippen molar-refractivity contribution in [3.05, 3.63) is 33.9 Å². The number of rotatable bonds is 3.